The highest BCUT2D eigenvalue weighted by atomic mass is 19.4. The van der Waals surface area contributed by atoms with E-state index in [9.17, 15) is 41.4 Å². The molecule has 4 aromatic rings. The van der Waals surface area contributed by atoms with Gasteiger partial charge in [-0.15, -0.1) is 0 Å². The van der Waals surface area contributed by atoms with Crippen LogP contribution >= 0.6 is 0 Å². The van der Waals surface area contributed by atoms with E-state index < -0.39 is 95.9 Å². The Kier molecular flexibility index (Phi) is 9.21. The number of fused-ring (bicyclic) bond motifs is 6. The zero-order valence-corrected chi connectivity index (χ0v) is 27.1. The summed E-state index contributed by atoms with van der Waals surface area (Å²) in [6, 6.07) is 7.66. The molecule has 1 fully saturated rings. The van der Waals surface area contributed by atoms with E-state index in [2.05, 4.69) is 5.32 Å². The Bertz CT molecular complexity index is 2110. The number of likely N-dealkylation sites (tertiary alicyclic amines) is 1. The number of nitrogens with zero attached hydrogens (tertiary/aromatic N) is 2. The standard InChI is InChI=1S/C36H30F7N3O5/c1-18-4-3-5-28-31(18)21-10-19(2)32(38)24(11-21)27(14-30(48)49)44-34(50)33(23-12-22(51-28)6-7-26(23)37)46-15-20(8-9-45-16-35(39,40)17-45)25(13-29(46)47)36(41,42)43/h3-7,10-13,15,27,33H,8-9,14,16-17H2,1-2H3,(H,44,50)(H,48,49)/t27-,33-/m0/s1. The first-order valence-corrected chi connectivity index (χ1v) is 15.7. The molecule has 2 aliphatic heterocycles. The SMILES string of the molecule is Cc1cc2cc(c1F)[C@H](CC(=O)O)NC(=O)[C@@H](n1cc(CCN3CC(F)(F)C3)c(C(F)(F)F)cc1=O)c1cc(ccc1F)Oc1cccc(C)c1-2. The highest BCUT2D eigenvalue weighted by Gasteiger charge is 2.44. The van der Waals surface area contributed by atoms with Crippen LogP contribution in [0.15, 0.2) is 65.6 Å². The van der Waals surface area contributed by atoms with Gasteiger partial charge in [0.05, 0.1) is 31.1 Å². The van der Waals surface area contributed by atoms with E-state index in [-0.39, 0.29) is 35.2 Å². The Balaban J connectivity index is 1.57. The number of hydrogen-bond donors (Lipinski definition) is 2. The minimum Gasteiger partial charge on any atom is -0.481 e. The fraction of sp³-hybridized carbons (Fsp3) is 0.306. The zero-order valence-electron chi connectivity index (χ0n) is 27.1. The van der Waals surface area contributed by atoms with Crippen molar-refractivity contribution in [3.05, 3.63) is 116 Å². The van der Waals surface area contributed by atoms with Gasteiger partial charge in [0.25, 0.3) is 11.5 Å². The molecule has 1 aromatic heterocycles. The molecular weight excluding hydrogens is 687 g/mol. The Hall–Kier alpha value is -5.18. The number of carbonyl (C=O) groups is 2. The number of pyridine rings is 1. The molecule has 0 aliphatic carbocycles. The van der Waals surface area contributed by atoms with Crippen molar-refractivity contribution >= 4 is 11.9 Å². The van der Waals surface area contributed by atoms with E-state index in [1.165, 1.54) is 30.0 Å². The number of aromatic nitrogens is 1. The van der Waals surface area contributed by atoms with Crippen molar-refractivity contribution in [2.75, 3.05) is 19.6 Å². The molecule has 6 rings (SSSR count). The molecule has 2 atom stereocenters. The number of carbonyl (C=O) groups excluding carboxylic acids is 1. The Morgan fingerprint density at radius 3 is 2.39 bits per heavy atom. The normalized spacial score (nSPS) is 18.6. The lowest BCUT2D eigenvalue weighted by atomic mass is 9.92. The first-order valence-electron chi connectivity index (χ1n) is 15.7. The molecule has 51 heavy (non-hydrogen) atoms. The van der Waals surface area contributed by atoms with Gasteiger partial charge in [0.1, 0.15) is 29.2 Å². The minimum atomic E-state index is -5.06. The van der Waals surface area contributed by atoms with Gasteiger partial charge in [-0.1, -0.05) is 12.1 Å². The molecule has 1 amide bonds. The summed E-state index contributed by atoms with van der Waals surface area (Å²) in [5.41, 5.74) is -2.44. The van der Waals surface area contributed by atoms with Crippen LogP contribution in [0.3, 0.4) is 0 Å². The van der Waals surface area contributed by atoms with E-state index in [0.29, 0.717) is 27.5 Å². The van der Waals surface area contributed by atoms with Crippen LogP contribution in [0.5, 0.6) is 11.5 Å². The van der Waals surface area contributed by atoms with Gasteiger partial charge in [0.2, 0.25) is 5.91 Å². The topological polar surface area (TPSA) is 101 Å². The van der Waals surface area contributed by atoms with Gasteiger partial charge in [-0.05, 0) is 78.9 Å². The third kappa shape index (κ3) is 7.20. The number of benzene rings is 3. The highest BCUT2D eigenvalue weighted by Crippen LogP contribution is 2.41. The molecule has 8 nitrogen and oxygen atoms in total. The summed E-state index contributed by atoms with van der Waals surface area (Å²) in [6.07, 6.45) is -5.68. The third-order valence-corrected chi connectivity index (χ3v) is 8.97. The van der Waals surface area contributed by atoms with E-state index in [1.807, 2.05) is 0 Å². The van der Waals surface area contributed by atoms with Gasteiger partial charge in [-0.25, -0.2) is 17.6 Å². The first kappa shape index (κ1) is 35.6. The summed E-state index contributed by atoms with van der Waals surface area (Å²) < 4.78 is 108. The molecule has 4 bridgehead atoms. The number of carboxylic acid groups (broad SMARTS) is 1. The second-order valence-electron chi connectivity index (χ2n) is 12.8. The van der Waals surface area contributed by atoms with Crippen LogP contribution in [0.1, 0.15) is 51.9 Å². The largest absolute Gasteiger partial charge is 0.481 e. The van der Waals surface area contributed by atoms with Crippen molar-refractivity contribution in [3.63, 3.8) is 0 Å². The van der Waals surface area contributed by atoms with Crippen molar-refractivity contribution in [2.45, 2.75) is 50.9 Å². The number of hydrogen-bond acceptors (Lipinski definition) is 5. The van der Waals surface area contributed by atoms with Crippen LogP contribution in [-0.2, 0) is 22.2 Å². The molecule has 0 radical (unpaired) electrons. The summed E-state index contributed by atoms with van der Waals surface area (Å²) in [7, 11) is 0. The average molecular weight is 718 g/mol. The van der Waals surface area contributed by atoms with Gasteiger partial charge in [-0.3, -0.25) is 23.9 Å². The molecule has 15 heteroatoms. The van der Waals surface area contributed by atoms with Crippen LogP contribution in [0.2, 0.25) is 0 Å². The molecule has 0 unspecified atom stereocenters. The number of halogens is 7. The molecule has 3 aromatic carbocycles. The second kappa shape index (κ2) is 13.2. The summed E-state index contributed by atoms with van der Waals surface area (Å²) in [5, 5.41) is 12.2. The maximum Gasteiger partial charge on any atom is 0.416 e. The molecule has 3 heterocycles. The van der Waals surface area contributed by atoms with Gasteiger partial charge >= 0.3 is 12.1 Å². The maximum atomic E-state index is 15.9. The quantitative estimate of drug-likeness (QED) is 0.210. The van der Waals surface area contributed by atoms with E-state index in [0.717, 1.165) is 12.1 Å². The lowest BCUT2D eigenvalue weighted by Crippen LogP contribution is -2.56. The van der Waals surface area contributed by atoms with Crippen LogP contribution < -0.4 is 15.6 Å². The molecule has 268 valence electrons. The monoisotopic (exact) mass is 717 g/mol. The molecular formula is C36H30F7N3O5. The second-order valence-corrected chi connectivity index (χ2v) is 12.8. The molecule has 0 spiro atoms. The zero-order chi connectivity index (χ0) is 37.0. The van der Waals surface area contributed by atoms with Crippen molar-refractivity contribution < 1.29 is 50.2 Å². The number of alkyl halides is 5. The Morgan fingerprint density at radius 2 is 1.73 bits per heavy atom. The van der Waals surface area contributed by atoms with Crippen LogP contribution in [-0.4, -0.2) is 52.0 Å². The predicted molar refractivity (Wildman–Crippen MR) is 170 cm³/mol. The van der Waals surface area contributed by atoms with Gasteiger partial charge in [0, 0.05) is 35.5 Å². The summed E-state index contributed by atoms with van der Waals surface area (Å²) in [4.78, 5) is 41.0. The van der Waals surface area contributed by atoms with Crippen LogP contribution in [0.25, 0.3) is 11.1 Å². The number of amides is 1. The molecule has 2 N–H and O–H groups in total. The smallest absolute Gasteiger partial charge is 0.416 e. The number of carboxylic acids is 1. The Labute approximate surface area is 286 Å². The maximum absolute atomic E-state index is 15.9. The van der Waals surface area contributed by atoms with Gasteiger partial charge in [0.15, 0.2) is 0 Å². The van der Waals surface area contributed by atoms with Crippen molar-refractivity contribution in [1.29, 1.82) is 0 Å². The third-order valence-electron chi connectivity index (χ3n) is 8.97. The molecule has 1 saturated heterocycles. The number of aryl methyl sites for hydroxylation is 2. The number of aliphatic carboxylic acids is 1. The van der Waals surface area contributed by atoms with E-state index >= 15 is 8.78 Å². The van der Waals surface area contributed by atoms with Crippen LogP contribution in [0, 0.1) is 25.5 Å². The number of ether oxygens (including phenoxy) is 1. The molecule has 2 aliphatic rings. The number of nitrogens with one attached hydrogen (secondary N) is 1. The minimum absolute atomic E-state index is 0.0321. The van der Waals surface area contributed by atoms with Gasteiger partial charge < -0.3 is 15.2 Å². The first-order chi connectivity index (χ1) is 23.9. The van der Waals surface area contributed by atoms with Crippen molar-refractivity contribution in [1.82, 2.24) is 14.8 Å². The Morgan fingerprint density at radius 1 is 1.00 bits per heavy atom. The number of rotatable bonds is 6. The fourth-order valence-electron chi connectivity index (χ4n) is 6.60. The van der Waals surface area contributed by atoms with E-state index in [4.69, 9.17) is 4.74 Å². The lowest BCUT2D eigenvalue weighted by molar-refractivity contribution is -0.139. The predicted octanol–water partition coefficient (Wildman–Crippen LogP) is 6.95. The highest BCUT2D eigenvalue weighted by molar-refractivity contribution is 5.85. The van der Waals surface area contributed by atoms with E-state index in [1.54, 1.807) is 25.1 Å². The fourth-order valence-corrected chi connectivity index (χ4v) is 6.60. The molecule has 0 saturated carbocycles. The summed E-state index contributed by atoms with van der Waals surface area (Å²) in [6.45, 7) is 1.58. The van der Waals surface area contributed by atoms with Gasteiger partial charge in [-0.2, -0.15) is 13.2 Å². The lowest BCUT2D eigenvalue weighted by Gasteiger charge is -2.38. The average Bonchev–Trinajstić information content (AvgIpc) is 3.02. The summed E-state index contributed by atoms with van der Waals surface area (Å²) in [5.74, 6) is -7.44. The summed E-state index contributed by atoms with van der Waals surface area (Å²) >= 11 is 0. The van der Waals surface area contributed by atoms with Crippen molar-refractivity contribution in [2.24, 2.45) is 0 Å². The van der Waals surface area contributed by atoms with Crippen molar-refractivity contribution in [3.8, 4) is 22.6 Å². The van der Waals surface area contributed by atoms with Crippen LogP contribution in [0.4, 0.5) is 30.7 Å².